The van der Waals surface area contributed by atoms with Gasteiger partial charge in [-0.3, -0.25) is 14.2 Å². The summed E-state index contributed by atoms with van der Waals surface area (Å²) in [5.41, 5.74) is 2.25. The van der Waals surface area contributed by atoms with Gasteiger partial charge in [-0.05, 0) is 48.7 Å². The molecule has 2 N–H and O–H groups in total. The lowest BCUT2D eigenvalue weighted by atomic mass is 10.1. The van der Waals surface area contributed by atoms with Crippen LogP contribution in [0.4, 0.5) is 5.69 Å². The molecule has 2 heterocycles. The SMILES string of the molecule is O=C(COc1ccc2nc3n(c(=O)c2c1)CCC3)Nc1ccc(CCO)cc1. The summed E-state index contributed by atoms with van der Waals surface area (Å²) in [6, 6.07) is 12.4. The van der Waals surface area contributed by atoms with Gasteiger partial charge in [0.1, 0.15) is 11.6 Å². The van der Waals surface area contributed by atoms with Gasteiger partial charge < -0.3 is 15.2 Å². The molecule has 0 unspecified atom stereocenters. The summed E-state index contributed by atoms with van der Waals surface area (Å²) in [6.45, 7) is 0.624. The van der Waals surface area contributed by atoms with Crippen LogP contribution in [0.1, 0.15) is 17.8 Å². The summed E-state index contributed by atoms with van der Waals surface area (Å²) in [7, 11) is 0. The molecule has 1 aliphatic rings. The molecular weight excluding hydrogens is 358 g/mol. The molecule has 0 bridgehead atoms. The van der Waals surface area contributed by atoms with Crippen LogP contribution in [0, 0.1) is 0 Å². The minimum atomic E-state index is -0.293. The van der Waals surface area contributed by atoms with Gasteiger partial charge in [0.2, 0.25) is 0 Å². The van der Waals surface area contributed by atoms with Crippen LogP contribution >= 0.6 is 0 Å². The largest absolute Gasteiger partial charge is 0.484 e. The van der Waals surface area contributed by atoms with E-state index in [0.29, 0.717) is 35.3 Å². The highest BCUT2D eigenvalue weighted by molar-refractivity contribution is 5.92. The Morgan fingerprint density at radius 1 is 1.21 bits per heavy atom. The van der Waals surface area contributed by atoms with Gasteiger partial charge in [-0.25, -0.2) is 4.98 Å². The number of anilines is 1. The van der Waals surface area contributed by atoms with E-state index in [9.17, 15) is 9.59 Å². The number of nitrogens with one attached hydrogen (secondary N) is 1. The van der Waals surface area contributed by atoms with Crippen molar-refractivity contribution in [1.82, 2.24) is 9.55 Å². The van der Waals surface area contributed by atoms with Gasteiger partial charge in [0.15, 0.2) is 6.61 Å². The fourth-order valence-corrected chi connectivity index (χ4v) is 3.38. The molecule has 0 spiro atoms. The molecule has 0 fully saturated rings. The zero-order valence-corrected chi connectivity index (χ0v) is 15.4. The van der Waals surface area contributed by atoms with Crippen LogP contribution in [0.5, 0.6) is 5.75 Å². The number of aromatic nitrogens is 2. The summed E-state index contributed by atoms with van der Waals surface area (Å²) in [6.07, 6.45) is 2.34. The van der Waals surface area contributed by atoms with Gasteiger partial charge in [0, 0.05) is 25.3 Å². The first kappa shape index (κ1) is 18.2. The molecule has 0 aliphatic carbocycles. The molecule has 7 heteroatoms. The quantitative estimate of drug-likeness (QED) is 0.682. The average molecular weight is 379 g/mol. The fraction of sp³-hybridized carbons (Fsp3) is 0.286. The van der Waals surface area contributed by atoms with E-state index < -0.39 is 0 Å². The summed E-state index contributed by atoms with van der Waals surface area (Å²) < 4.78 is 7.27. The first-order valence-corrected chi connectivity index (χ1v) is 9.30. The number of aryl methyl sites for hydroxylation is 1. The molecule has 1 aromatic heterocycles. The molecular formula is C21H21N3O4. The van der Waals surface area contributed by atoms with E-state index in [1.807, 2.05) is 12.1 Å². The summed E-state index contributed by atoms with van der Waals surface area (Å²) in [5.74, 6) is 0.993. The Bertz CT molecular complexity index is 1070. The minimum Gasteiger partial charge on any atom is -0.484 e. The van der Waals surface area contributed by atoms with E-state index in [1.165, 1.54) is 0 Å². The number of hydrogen-bond acceptors (Lipinski definition) is 5. The van der Waals surface area contributed by atoms with Crippen molar-refractivity contribution in [3.63, 3.8) is 0 Å². The number of aliphatic hydroxyl groups excluding tert-OH is 1. The standard InChI is InChI=1S/C21H21N3O4/c25-11-9-14-3-5-15(6-4-14)22-20(26)13-28-16-7-8-18-17(12-16)21(27)24-10-1-2-19(24)23-18/h3-8,12,25H,1-2,9-11,13H2,(H,22,26). The lowest BCUT2D eigenvalue weighted by molar-refractivity contribution is -0.118. The lowest BCUT2D eigenvalue weighted by Crippen LogP contribution is -2.22. The van der Waals surface area contributed by atoms with Gasteiger partial charge in [0.25, 0.3) is 11.5 Å². The van der Waals surface area contributed by atoms with E-state index in [1.54, 1.807) is 34.9 Å². The Kier molecular flexibility index (Phi) is 5.08. The second-order valence-electron chi connectivity index (χ2n) is 6.77. The second kappa shape index (κ2) is 7.82. The number of rotatable bonds is 6. The number of aliphatic hydroxyl groups is 1. The van der Waals surface area contributed by atoms with Crippen molar-refractivity contribution in [2.75, 3.05) is 18.5 Å². The molecule has 3 aromatic rings. The maximum atomic E-state index is 12.6. The van der Waals surface area contributed by atoms with Crippen LogP contribution in [0.2, 0.25) is 0 Å². The number of carbonyl (C=O) groups is 1. The highest BCUT2D eigenvalue weighted by Gasteiger charge is 2.16. The van der Waals surface area contributed by atoms with Crippen molar-refractivity contribution in [2.24, 2.45) is 0 Å². The minimum absolute atomic E-state index is 0.0598. The number of amides is 1. The number of carbonyl (C=O) groups excluding carboxylic acids is 1. The highest BCUT2D eigenvalue weighted by Crippen LogP contribution is 2.20. The zero-order chi connectivity index (χ0) is 19.5. The van der Waals surface area contributed by atoms with Crippen molar-refractivity contribution < 1.29 is 14.6 Å². The van der Waals surface area contributed by atoms with Crippen LogP contribution in [-0.2, 0) is 24.2 Å². The van der Waals surface area contributed by atoms with E-state index in [-0.39, 0.29) is 24.7 Å². The van der Waals surface area contributed by atoms with E-state index in [4.69, 9.17) is 9.84 Å². The van der Waals surface area contributed by atoms with Gasteiger partial charge in [-0.15, -0.1) is 0 Å². The fourth-order valence-electron chi connectivity index (χ4n) is 3.38. The summed E-state index contributed by atoms with van der Waals surface area (Å²) in [4.78, 5) is 29.3. The van der Waals surface area contributed by atoms with E-state index in [2.05, 4.69) is 10.3 Å². The molecule has 0 radical (unpaired) electrons. The molecule has 1 aliphatic heterocycles. The maximum Gasteiger partial charge on any atom is 0.262 e. The van der Waals surface area contributed by atoms with Crippen molar-refractivity contribution in [2.45, 2.75) is 25.8 Å². The maximum absolute atomic E-state index is 12.6. The van der Waals surface area contributed by atoms with Crippen LogP contribution in [-0.4, -0.2) is 33.8 Å². The van der Waals surface area contributed by atoms with Crippen LogP contribution < -0.4 is 15.6 Å². The van der Waals surface area contributed by atoms with E-state index >= 15 is 0 Å². The number of fused-ring (bicyclic) bond motifs is 2. The first-order valence-electron chi connectivity index (χ1n) is 9.30. The summed E-state index contributed by atoms with van der Waals surface area (Å²) >= 11 is 0. The predicted octanol–water partition coefficient (Wildman–Crippen LogP) is 1.90. The molecule has 28 heavy (non-hydrogen) atoms. The third-order valence-electron chi connectivity index (χ3n) is 4.79. The normalized spacial score (nSPS) is 12.8. The topological polar surface area (TPSA) is 93.5 Å². The average Bonchev–Trinajstić information content (AvgIpc) is 3.17. The van der Waals surface area contributed by atoms with Crippen molar-refractivity contribution in [1.29, 1.82) is 0 Å². The number of hydrogen-bond donors (Lipinski definition) is 2. The Balaban J connectivity index is 1.42. The Hall–Kier alpha value is -3.19. The van der Waals surface area contributed by atoms with Gasteiger partial charge in [-0.2, -0.15) is 0 Å². The molecule has 4 rings (SSSR count). The smallest absolute Gasteiger partial charge is 0.262 e. The molecule has 144 valence electrons. The number of nitrogens with zero attached hydrogens (tertiary/aromatic N) is 2. The lowest BCUT2D eigenvalue weighted by Gasteiger charge is -2.10. The third-order valence-corrected chi connectivity index (χ3v) is 4.79. The van der Waals surface area contributed by atoms with Crippen LogP contribution in [0.3, 0.4) is 0 Å². The van der Waals surface area contributed by atoms with E-state index in [0.717, 1.165) is 24.2 Å². The number of ether oxygens (including phenoxy) is 1. The second-order valence-corrected chi connectivity index (χ2v) is 6.77. The van der Waals surface area contributed by atoms with Crippen molar-refractivity contribution in [3.05, 3.63) is 64.2 Å². The van der Waals surface area contributed by atoms with Gasteiger partial charge in [0.05, 0.1) is 10.9 Å². The zero-order valence-electron chi connectivity index (χ0n) is 15.4. The van der Waals surface area contributed by atoms with Crippen molar-refractivity contribution >= 4 is 22.5 Å². The Morgan fingerprint density at radius 3 is 2.82 bits per heavy atom. The molecule has 1 amide bonds. The molecule has 0 saturated heterocycles. The third kappa shape index (κ3) is 3.75. The Labute approximate surface area is 161 Å². The van der Waals surface area contributed by atoms with Gasteiger partial charge in [-0.1, -0.05) is 12.1 Å². The van der Waals surface area contributed by atoms with Crippen molar-refractivity contribution in [3.8, 4) is 5.75 Å². The first-order chi connectivity index (χ1) is 13.6. The van der Waals surface area contributed by atoms with Crippen LogP contribution in [0.25, 0.3) is 10.9 Å². The molecule has 2 aromatic carbocycles. The monoisotopic (exact) mass is 379 g/mol. The summed E-state index contributed by atoms with van der Waals surface area (Å²) in [5, 5.41) is 12.2. The molecule has 0 saturated carbocycles. The highest BCUT2D eigenvalue weighted by atomic mass is 16.5. The Morgan fingerprint density at radius 2 is 2.04 bits per heavy atom. The van der Waals surface area contributed by atoms with Gasteiger partial charge >= 0.3 is 0 Å². The van der Waals surface area contributed by atoms with Crippen LogP contribution in [0.15, 0.2) is 47.3 Å². The predicted molar refractivity (Wildman–Crippen MR) is 106 cm³/mol. The molecule has 7 nitrogen and oxygen atoms in total. The molecule has 0 atom stereocenters. The number of benzene rings is 2.